The summed E-state index contributed by atoms with van der Waals surface area (Å²) in [5.74, 6) is -105. The Morgan fingerprint density at radius 3 is 0.507 bits per heavy atom. The van der Waals surface area contributed by atoms with Crippen LogP contribution < -0.4 is 41.5 Å². The molecule has 0 saturated heterocycles. The topological polar surface area (TPSA) is 0 Å². The van der Waals surface area contributed by atoms with Gasteiger partial charge in [-0.3, -0.25) is 0 Å². The maximum atomic E-state index is 14.3. The van der Waals surface area contributed by atoms with E-state index in [-0.39, 0.29) is 0 Å². The van der Waals surface area contributed by atoms with Crippen LogP contribution in [0.4, 0.5) is 259 Å². The van der Waals surface area contributed by atoms with Crippen LogP contribution in [0, 0.1) is 204 Å². The maximum absolute atomic E-state index is 14.3. The van der Waals surface area contributed by atoms with E-state index in [2.05, 4.69) is 6.58 Å². The lowest BCUT2D eigenvalue weighted by Gasteiger charge is -2.23. The average Bonchev–Trinajstić information content (AvgIpc) is 0.724. The normalized spacial score (nSPS) is 12.5. The highest BCUT2D eigenvalue weighted by molar-refractivity contribution is 7.57. The highest BCUT2D eigenvalue weighted by Gasteiger charge is 2.63. The van der Waals surface area contributed by atoms with E-state index in [1.165, 1.54) is 0 Å². The van der Waals surface area contributed by atoms with Crippen LogP contribution >= 0.6 is 133 Å². The lowest BCUT2D eigenvalue weighted by Crippen LogP contribution is -2.56. The molecule has 0 fully saturated rings. The van der Waals surface area contributed by atoms with E-state index < -0.39 is 379 Å². The number of hydrogen-bond donors (Lipinski definition) is 0. The molecule has 768 valence electrons. The van der Waals surface area contributed by atoms with Gasteiger partial charge in [0.2, 0.25) is 23.3 Å². The molecule has 0 saturated carbocycles. The molecule has 8 aromatic carbocycles. The molecule has 0 N–H and O–H groups in total. The Morgan fingerprint density at radius 2 is 0.348 bits per heavy atom. The van der Waals surface area contributed by atoms with Crippen LogP contribution in [-0.4, -0.2) is 46.0 Å². The monoisotopic (exact) mass is 2440 g/mol. The summed E-state index contributed by atoms with van der Waals surface area (Å²) in [6.45, 7) is -30.1. The molecule has 8 rings (SSSR count). The first-order chi connectivity index (χ1) is 61.6. The minimum atomic E-state index is -6.17. The highest BCUT2D eigenvalue weighted by atomic mass is 35.7. The van der Waals surface area contributed by atoms with Gasteiger partial charge in [-0.05, 0) is 0 Å². The molecule has 0 heterocycles. The first-order valence-corrected chi connectivity index (χ1v) is 55.1. The van der Waals surface area contributed by atoms with Crippen molar-refractivity contribution >= 4 is 220 Å². The van der Waals surface area contributed by atoms with Crippen molar-refractivity contribution in [3.8, 4) is 0 Å². The summed E-state index contributed by atoms with van der Waals surface area (Å²) < 4.78 is 771. The van der Waals surface area contributed by atoms with E-state index in [1.54, 1.807) is 0 Å². The van der Waals surface area contributed by atoms with Crippen LogP contribution in [0.15, 0.2) is 41.4 Å². The van der Waals surface area contributed by atoms with Crippen molar-refractivity contribution in [2.75, 3.05) is 0 Å². The zero-order valence-corrected chi connectivity index (χ0v) is 75.7. The van der Waals surface area contributed by atoms with Crippen LogP contribution in [0.5, 0.6) is 0 Å². The summed E-state index contributed by atoms with van der Waals surface area (Å²) in [7, 11) is 0. The van der Waals surface area contributed by atoms with Crippen molar-refractivity contribution in [3.63, 3.8) is 0 Å². The van der Waals surface area contributed by atoms with Crippen molar-refractivity contribution in [2.24, 2.45) is 0 Å². The molecule has 0 aromatic heterocycles. The van der Waals surface area contributed by atoms with Crippen molar-refractivity contribution in [2.45, 2.75) is 30.5 Å². The fourth-order valence-corrected chi connectivity index (χ4v) is 26.4. The van der Waals surface area contributed by atoms with Crippen LogP contribution in [0.25, 0.3) is 5.83 Å². The molecular formula is C61H3Cl12F59Si6. The molecule has 0 spiro atoms. The van der Waals surface area contributed by atoms with Crippen molar-refractivity contribution in [3.05, 3.63) is 273 Å². The third kappa shape index (κ3) is 24.1. The van der Waals surface area contributed by atoms with E-state index in [1.807, 2.05) is 0 Å². The van der Waals surface area contributed by atoms with E-state index in [9.17, 15) is 259 Å². The fraction of sp³-hybridized carbons (Fsp3) is 0.0820. The summed E-state index contributed by atoms with van der Waals surface area (Å²) in [5, 5.41) is -17.5. The molecule has 0 radical (unpaired) electrons. The Hall–Kier alpha value is -6.63. The molecule has 77 heteroatoms. The molecule has 8 aromatic rings. The Labute approximate surface area is 778 Å². The van der Waals surface area contributed by atoms with Crippen LogP contribution in [-0.2, 0) is 24.7 Å². The SMILES string of the molecule is C=C[Si](Cl)(Cl)c1c(F)c(F)c(F)c(F)c1F.FC(F)=C(F)[Si](Cl)(Cl)c1c(F)c(F)c(C(F)(F)F)c(F)c1F.FC(F)=C(F)[Si](Cl)(Cl)c1c(F)c(F)c(F)c(F)c1F.FC(F)=C(F)c1c(F)c(F)c([Si](Cl)(Cl)c2c(F)c(F)c(C(F)(F)F)c(F)c2F)c(F)c1F.Fc1c(F)c(F)c([Si](Cl)(Cl)C(F)(F)F)c(F)c1F.Fc1c(F)c([Si](Cl)(Cl)c2c(F)c(F)c(C(F)(F)F)c(F)c2F)c(F)c(F)c1C(F)(F)F. The van der Waals surface area contributed by atoms with Gasteiger partial charge in [-0.15, -0.1) is 140 Å². The van der Waals surface area contributed by atoms with Gasteiger partial charge < -0.3 is 0 Å². The van der Waals surface area contributed by atoms with Gasteiger partial charge >= 0.3 is 76.7 Å². The van der Waals surface area contributed by atoms with Crippen molar-refractivity contribution in [1.82, 2.24) is 0 Å². The third-order valence-electron chi connectivity index (χ3n) is 15.5. The van der Waals surface area contributed by atoms with Gasteiger partial charge in [0.15, 0.2) is 197 Å². The van der Waals surface area contributed by atoms with E-state index >= 15 is 0 Å². The average molecular weight is 2450 g/mol. The smallest absolute Gasteiger partial charge is 0.208 e. The molecule has 0 nitrogen and oxygen atoms in total. The first-order valence-electron chi connectivity index (χ1n) is 30.9. The highest BCUT2D eigenvalue weighted by Crippen LogP contribution is 2.46. The molecule has 0 unspecified atom stereocenters. The summed E-state index contributed by atoms with van der Waals surface area (Å²) in [6.07, 6.45) is -33.8. The number of rotatable bonds is 12. The zero-order chi connectivity index (χ0) is 109. The minimum absolute atomic E-state index is 0.786. The van der Waals surface area contributed by atoms with Crippen LogP contribution in [0.1, 0.15) is 27.8 Å². The Morgan fingerprint density at radius 1 is 0.196 bits per heavy atom. The fourth-order valence-electron chi connectivity index (χ4n) is 9.43. The van der Waals surface area contributed by atoms with Crippen molar-refractivity contribution < 1.29 is 259 Å². The van der Waals surface area contributed by atoms with Crippen LogP contribution in [0.2, 0.25) is 0 Å². The molecule has 0 bridgehead atoms. The van der Waals surface area contributed by atoms with Gasteiger partial charge in [0.1, 0.15) is 22.3 Å². The van der Waals surface area contributed by atoms with Gasteiger partial charge in [-0.1, -0.05) is 5.70 Å². The molecule has 0 atom stereocenters. The van der Waals surface area contributed by atoms with Gasteiger partial charge in [-0.2, -0.15) is 92.2 Å². The predicted molar refractivity (Wildman–Crippen MR) is 379 cm³/mol. The number of benzene rings is 8. The predicted octanol–water partition coefficient (Wildman–Crippen LogP) is 28.2. The number of hydrogen-bond acceptors (Lipinski definition) is 0. The van der Waals surface area contributed by atoms with E-state index in [0.29, 0.717) is 0 Å². The largest absolute Gasteiger partial charge is 0.422 e. The summed E-state index contributed by atoms with van der Waals surface area (Å²) in [4.78, 5) is 0. The summed E-state index contributed by atoms with van der Waals surface area (Å²) in [6, 6.07) is 0. The lowest BCUT2D eigenvalue weighted by molar-refractivity contribution is -0.144. The molecule has 0 aliphatic rings. The van der Waals surface area contributed by atoms with Gasteiger partial charge in [0, 0.05) is 0 Å². The standard InChI is InChI=1S/C15Cl2F14Si.C14Cl2F14Si.C9Cl2F10Si.C8Cl2F8Si.C8H3Cl2F5Si.C7Cl2F8Si/c16-32(17,13-10(25)6(21)2(15(29,30)31)7(22)11(13)26)12-8(23)3(18)1(4(19)9(12)24)5(20)14(27)28;15-31(16,11-7(21)3(17)1(13(25,26)27)4(18)8(11)22)12-9(23)5(19)2(14(28,29)30)6(20)10(12)24;10-22(11,8(18)7(16)17)6-4(14)2(12)1(9(19,20)21)3(13)5(6)15;9-19(10,8(18)7(16)17)6-4(14)2(12)1(11)3(13)5(6)15;1-2-16(9,10)8-6(14)4(12)3(11)5(13)7(8)15;8-18(9,7(15,16)17)6-4(13)2(11)1(10)3(12)5(6)14/h;;;;2H,1H2;. The third-order valence-corrected chi connectivity index (χ3v) is 40.0. The first kappa shape index (κ1) is 126. The van der Waals surface area contributed by atoms with Crippen LogP contribution in [0.3, 0.4) is 0 Å². The Bertz CT molecular complexity index is 5950. The molecule has 0 aliphatic carbocycles. The Balaban J connectivity index is 0.000000434. The molecule has 0 amide bonds. The lowest BCUT2D eigenvalue weighted by atomic mass is 10.1. The maximum Gasteiger partial charge on any atom is 0.422 e. The second-order valence-corrected chi connectivity index (χ2v) is 60.7. The molecule has 138 heavy (non-hydrogen) atoms. The van der Waals surface area contributed by atoms with E-state index in [0.717, 1.165) is 5.70 Å². The minimum Gasteiger partial charge on any atom is -0.208 e. The van der Waals surface area contributed by atoms with Gasteiger partial charge in [0.05, 0.1) is 47.1 Å². The van der Waals surface area contributed by atoms with Gasteiger partial charge in [0.25, 0.3) is 12.2 Å². The van der Waals surface area contributed by atoms with E-state index in [4.69, 9.17) is 133 Å². The number of alkyl halides is 15. The van der Waals surface area contributed by atoms with Gasteiger partial charge in [-0.25, -0.2) is 167 Å². The molecule has 0 aliphatic heterocycles. The second kappa shape index (κ2) is 44.1. The Kier molecular flexibility index (Phi) is 40.1. The second-order valence-electron chi connectivity index (χ2n) is 23.8. The zero-order valence-electron chi connectivity index (χ0n) is 60.6. The summed E-state index contributed by atoms with van der Waals surface area (Å²) in [5.41, 5.74) is -19.6. The summed E-state index contributed by atoms with van der Waals surface area (Å²) >= 11 is 62.3. The quantitative estimate of drug-likeness (QED) is 0.0376. The van der Waals surface area contributed by atoms with Crippen molar-refractivity contribution in [1.29, 1.82) is 0 Å². The molecular weight excluding hydrogens is 2450 g/mol. The number of halogens is 71.